The molecule has 4 aromatic rings. The van der Waals surface area contributed by atoms with Crippen LogP contribution < -0.4 is 20.1 Å². The van der Waals surface area contributed by atoms with Gasteiger partial charge < -0.3 is 30.0 Å². The number of nitrogens with one attached hydrogen (secondary N) is 2. The highest BCUT2D eigenvalue weighted by atomic mass is 16.6. The molecule has 250 valence electrons. The number of ether oxygens (including phenoxy) is 3. The molecule has 0 heterocycles. The number of rotatable bonds is 15. The minimum atomic E-state index is -1.14. The van der Waals surface area contributed by atoms with Crippen LogP contribution in [0.1, 0.15) is 60.3 Å². The molecule has 0 saturated carbocycles. The van der Waals surface area contributed by atoms with Gasteiger partial charge in [-0.1, -0.05) is 74.5 Å². The van der Waals surface area contributed by atoms with Gasteiger partial charge in [-0.05, 0) is 86.1 Å². The summed E-state index contributed by atoms with van der Waals surface area (Å²) in [7, 11) is 0. The smallest absolute Gasteiger partial charge is 0.407 e. The van der Waals surface area contributed by atoms with Gasteiger partial charge in [0.2, 0.25) is 0 Å². The molecule has 0 bridgehead atoms. The molecule has 0 aliphatic heterocycles. The molecule has 0 aliphatic carbocycles. The fourth-order valence-corrected chi connectivity index (χ4v) is 5.28. The Morgan fingerprint density at radius 1 is 0.766 bits per heavy atom. The van der Waals surface area contributed by atoms with Crippen molar-refractivity contribution in [2.45, 2.75) is 71.9 Å². The van der Waals surface area contributed by atoms with Crippen LogP contribution in [0.5, 0.6) is 11.5 Å². The van der Waals surface area contributed by atoms with Crippen LogP contribution in [0, 0.1) is 5.92 Å². The molecule has 4 rings (SSSR count). The van der Waals surface area contributed by atoms with Gasteiger partial charge in [0.1, 0.15) is 23.1 Å². The molecule has 0 aromatic heterocycles. The van der Waals surface area contributed by atoms with Gasteiger partial charge in [0.05, 0.1) is 6.61 Å². The standard InChI is InChI=1S/C38H46N2O7/c1-25(2)21-23-45-31-19-17-26-12-6-8-14-28(26)34(31)35-29-15-9-7-13-27(29)18-20-32(35)46-24-33(41)40-30(36(42)43)16-10-11-22-39-37(44)47-38(3,4)5/h6-9,12-15,17-20,25,30H,10-11,16,21-24H2,1-5H3,(H,39,44)(H,40,41)(H,42,43)/t30-/m1/s1. The number of hydrogen-bond donors (Lipinski definition) is 3. The summed E-state index contributed by atoms with van der Waals surface area (Å²) in [5, 5.41) is 19.0. The first kappa shape index (κ1) is 35.1. The van der Waals surface area contributed by atoms with Crippen molar-refractivity contribution < 1.29 is 33.7 Å². The number of unbranched alkanes of at least 4 members (excludes halogenated alkanes) is 1. The molecule has 0 spiro atoms. The summed E-state index contributed by atoms with van der Waals surface area (Å²) in [6.07, 6.45) is 1.58. The van der Waals surface area contributed by atoms with Crippen LogP contribution in [0.2, 0.25) is 0 Å². The molecule has 0 saturated heterocycles. The van der Waals surface area contributed by atoms with Crippen molar-refractivity contribution in [3.63, 3.8) is 0 Å². The third-order valence-electron chi connectivity index (χ3n) is 7.56. The van der Waals surface area contributed by atoms with Gasteiger partial charge in [-0.2, -0.15) is 0 Å². The molecular weight excluding hydrogens is 596 g/mol. The lowest BCUT2D eigenvalue weighted by atomic mass is 9.92. The van der Waals surface area contributed by atoms with Crippen LogP contribution in [0.25, 0.3) is 32.7 Å². The normalized spacial score (nSPS) is 12.1. The van der Waals surface area contributed by atoms with E-state index in [-0.39, 0.29) is 13.0 Å². The van der Waals surface area contributed by atoms with E-state index in [9.17, 15) is 19.5 Å². The lowest BCUT2D eigenvalue weighted by Gasteiger charge is -2.20. The Bertz CT molecular complexity index is 1690. The Labute approximate surface area is 276 Å². The van der Waals surface area contributed by atoms with Gasteiger partial charge in [-0.25, -0.2) is 9.59 Å². The van der Waals surface area contributed by atoms with Gasteiger partial charge in [0.15, 0.2) is 6.61 Å². The summed E-state index contributed by atoms with van der Waals surface area (Å²) in [6, 6.07) is 22.8. The van der Waals surface area contributed by atoms with Crippen molar-refractivity contribution in [1.82, 2.24) is 10.6 Å². The zero-order chi connectivity index (χ0) is 34.0. The predicted molar refractivity (Wildman–Crippen MR) is 185 cm³/mol. The summed E-state index contributed by atoms with van der Waals surface area (Å²) in [4.78, 5) is 36.8. The number of benzene rings is 4. The molecule has 9 nitrogen and oxygen atoms in total. The summed E-state index contributed by atoms with van der Waals surface area (Å²) in [5.74, 6) is 0.0158. The quantitative estimate of drug-likeness (QED) is 0.113. The number of carbonyl (C=O) groups is 3. The van der Waals surface area contributed by atoms with E-state index in [0.717, 1.165) is 44.8 Å². The van der Waals surface area contributed by atoms with Crippen molar-refractivity contribution in [1.29, 1.82) is 0 Å². The van der Waals surface area contributed by atoms with Crippen molar-refractivity contribution in [3.8, 4) is 22.6 Å². The Kier molecular flexibility index (Phi) is 12.1. The van der Waals surface area contributed by atoms with E-state index in [1.807, 2.05) is 60.7 Å². The molecule has 0 unspecified atom stereocenters. The van der Waals surface area contributed by atoms with Crippen molar-refractivity contribution in [2.75, 3.05) is 19.8 Å². The molecule has 0 fully saturated rings. The highest BCUT2D eigenvalue weighted by Crippen LogP contribution is 2.45. The lowest BCUT2D eigenvalue weighted by Crippen LogP contribution is -2.43. The topological polar surface area (TPSA) is 123 Å². The van der Waals surface area contributed by atoms with Crippen LogP contribution in [0.15, 0.2) is 72.8 Å². The van der Waals surface area contributed by atoms with Gasteiger partial charge in [-0.15, -0.1) is 0 Å². The number of carbonyl (C=O) groups excluding carboxylic acids is 2. The molecular formula is C38H46N2O7. The Morgan fingerprint density at radius 3 is 1.89 bits per heavy atom. The largest absolute Gasteiger partial charge is 0.493 e. The van der Waals surface area contributed by atoms with E-state index in [4.69, 9.17) is 14.2 Å². The monoisotopic (exact) mass is 642 g/mol. The van der Waals surface area contributed by atoms with Crippen LogP contribution in [0.4, 0.5) is 4.79 Å². The number of amides is 2. The minimum absolute atomic E-state index is 0.200. The maximum absolute atomic E-state index is 13.0. The molecule has 2 amide bonds. The van der Waals surface area contributed by atoms with Crippen LogP contribution >= 0.6 is 0 Å². The Hall–Kier alpha value is -4.79. The van der Waals surface area contributed by atoms with Gasteiger partial charge in [-0.3, -0.25) is 4.79 Å². The molecule has 9 heteroatoms. The van der Waals surface area contributed by atoms with E-state index in [2.05, 4.69) is 36.6 Å². The summed E-state index contributed by atoms with van der Waals surface area (Å²) in [6.45, 7) is 10.2. The number of alkyl carbamates (subject to hydrolysis) is 1. The van der Waals surface area contributed by atoms with Gasteiger partial charge >= 0.3 is 12.1 Å². The molecule has 4 aromatic carbocycles. The molecule has 1 atom stereocenters. The van der Waals surface area contributed by atoms with E-state index in [0.29, 0.717) is 37.7 Å². The first-order valence-electron chi connectivity index (χ1n) is 16.2. The molecule has 0 aliphatic rings. The van der Waals surface area contributed by atoms with Gasteiger partial charge in [0.25, 0.3) is 5.91 Å². The van der Waals surface area contributed by atoms with Crippen LogP contribution in [0.3, 0.4) is 0 Å². The number of hydrogen-bond acceptors (Lipinski definition) is 6. The predicted octanol–water partition coefficient (Wildman–Crippen LogP) is 7.73. The maximum Gasteiger partial charge on any atom is 0.407 e. The fraction of sp³-hybridized carbons (Fsp3) is 0.395. The van der Waals surface area contributed by atoms with E-state index in [1.54, 1.807) is 20.8 Å². The zero-order valence-corrected chi connectivity index (χ0v) is 27.9. The molecule has 0 radical (unpaired) electrons. The lowest BCUT2D eigenvalue weighted by molar-refractivity contribution is -0.142. The highest BCUT2D eigenvalue weighted by Gasteiger charge is 2.23. The maximum atomic E-state index is 13.0. The minimum Gasteiger partial charge on any atom is -0.493 e. The Morgan fingerprint density at radius 2 is 1.34 bits per heavy atom. The third-order valence-corrected chi connectivity index (χ3v) is 7.56. The van der Waals surface area contributed by atoms with E-state index >= 15 is 0 Å². The Balaban J connectivity index is 1.52. The number of aliphatic carboxylic acids is 1. The van der Waals surface area contributed by atoms with Gasteiger partial charge in [0, 0.05) is 17.7 Å². The summed E-state index contributed by atoms with van der Waals surface area (Å²) in [5.41, 5.74) is 1.08. The average Bonchev–Trinajstić information content (AvgIpc) is 3.01. The number of carboxylic acid groups (broad SMARTS) is 1. The first-order valence-corrected chi connectivity index (χ1v) is 16.2. The summed E-state index contributed by atoms with van der Waals surface area (Å²) >= 11 is 0. The third kappa shape index (κ3) is 10.1. The zero-order valence-electron chi connectivity index (χ0n) is 27.9. The molecule has 3 N–H and O–H groups in total. The number of carboxylic acids is 1. The van der Waals surface area contributed by atoms with Crippen LogP contribution in [-0.2, 0) is 14.3 Å². The summed E-state index contributed by atoms with van der Waals surface area (Å²) < 4.78 is 17.8. The second-order valence-corrected chi connectivity index (χ2v) is 13.0. The second-order valence-electron chi connectivity index (χ2n) is 13.0. The first-order chi connectivity index (χ1) is 22.4. The van der Waals surface area contributed by atoms with Crippen molar-refractivity contribution in [2.24, 2.45) is 5.92 Å². The van der Waals surface area contributed by atoms with Crippen molar-refractivity contribution in [3.05, 3.63) is 72.8 Å². The van der Waals surface area contributed by atoms with E-state index < -0.39 is 29.6 Å². The fourth-order valence-electron chi connectivity index (χ4n) is 5.28. The average molecular weight is 643 g/mol. The highest BCUT2D eigenvalue weighted by molar-refractivity contribution is 6.09. The van der Waals surface area contributed by atoms with E-state index in [1.165, 1.54) is 0 Å². The SMILES string of the molecule is CC(C)CCOc1ccc2ccccc2c1-c1c(OCC(=O)N[C@H](CCCCNC(=O)OC(C)(C)C)C(=O)O)ccc2ccccc12. The second kappa shape index (κ2) is 16.2. The van der Waals surface area contributed by atoms with Crippen molar-refractivity contribution >= 4 is 39.5 Å². The number of fused-ring (bicyclic) bond motifs is 2. The van der Waals surface area contributed by atoms with Crippen LogP contribution in [-0.4, -0.2) is 54.5 Å². The molecule has 47 heavy (non-hydrogen) atoms.